The molecule has 188 valence electrons. The van der Waals surface area contributed by atoms with Crippen LogP contribution in [-0.4, -0.2) is 67.0 Å². The molecule has 4 aromatic heterocycles. The standard InChI is InChI=1S/C27H23N9O2/c28-27-32-14-20(15-33-27)25-34-21-12-19(13-31-24(21)26(35-25)36-6-8-38-9-7-36)18-3-1-2-17(10-18)11-23(37)22-16-29-4-5-30-22/h1-5,10,12-16H,6-9,11H2,(H2,28,32,33). The first-order valence-electron chi connectivity index (χ1n) is 12.1. The van der Waals surface area contributed by atoms with E-state index < -0.39 is 0 Å². The predicted molar refractivity (Wildman–Crippen MR) is 141 cm³/mol. The number of ketones is 1. The first-order chi connectivity index (χ1) is 18.6. The third-order valence-electron chi connectivity index (χ3n) is 6.23. The van der Waals surface area contributed by atoms with Crippen LogP contribution in [0.2, 0.25) is 0 Å². The van der Waals surface area contributed by atoms with Crippen molar-refractivity contribution < 1.29 is 9.53 Å². The van der Waals surface area contributed by atoms with Gasteiger partial charge in [-0.3, -0.25) is 14.8 Å². The summed E-state index contributed by atoms with van der Waals surface area (Å²) in [5.41, 5.74) is 10.7. The van der Waals surface area contributed by atoms with Crippen LogP contribution in [-0.2, 0) is 11.2 Å². The molecular weight excluding hydrogens is 482 g/mol. The van der Waals surface area contributed by atoms with E-state index in [1.807, 2.05) is 36.5 Å². The number of carbonyl (C=O) groups excluding carboxylic acids is 1. The number of nitrogens with two attached hydrogens (primary N) is 1. The number of hydrogen-bond donors (Lipinski definition) is 1. The minimum absolute atomic E-state index is 0.0925. The number of morpholine rings is 1. The highest BCUT2D eigenvalue weighted by Gasteiger charge is 2.20. The van der Waals surface area contributed by atoms with Gasteiger partial charge in [-0.25, -0.2) is 24.9 Å². The molecule has 11 nitrogen and oxygen atoms in total. The summed E-state index contributed by atoms with van der Waals surface area (Å²) < 4.78 is 5.53. The monoisotopic (exact) mass is 505 g/mol. The maximum absolute atomic E-state index is 12.7. The van der Waals surface area contributed by atoms with Gasteiger partial charge in [-0.1, -0.05) is 24.3 Å². The largest absolute Gasteiger partial charge is 0.378 e. The topological polar surface area (TPSA) is 146 Å². The molecule has 0 aliphatic carbocycles. The van der Waals surface area contributed by atoms with Gasteiger partial charge in [-0.2, -0.15) is 0 Å². The van der Waals surface area contributed by atoms with E-state index in [-0.39, 0.29) is 18.2 Å². The Bertz CT molecular complexity index is 1610. The zero-order valence-corrected chi connectivity index (χ0v) is 20.4. The Balaban J connectivity index is 1.39. The fourth-order valence-electron chi connectivity index (χ4n) is 4.32. The van der Waals surface area contributed by atoms with Crippen molar-refractivity contribution in [3.05, 3.63) is 78.8 Å². The lowest BCUT2D eigenvalue weighted by atomic mass is 10.0. The molecule has 1 fully saturated rings. The van der Waals surface area contributed by atoms with Crippen LogP contribution < -0.4 is 10.6 Å². The van der Waals surface area contributed by atoms with E-state index in [2.05, 4.69) is 24.8 Å². The third kappa shape index (κ3) is 4.87. The molecule has 1 aliphatic rings. The Kier molecular flexibility index (Phi) is 6.32. The molecule has 11 heteroatoms. The zero-order chi connectivity index (χ0) is 25.9. The lowest BCUT2D eigenvalue weighted by molar-refractivity contribution is 0.0988. The quantitative estimate of drug-likeness (QED) is 0.340. The van der Waals surface area contributed by atoms with Crippen molar-refractivity contribution in [3.8, 4) is 22.5 Å². The van der Waals surface area contributed by atoms with Crippen molar-refractivity contribution in [2.45, 2.75) is 6.42 Å². The summed E-state index contributed by atoms with van der Waals surface area (Å²) in [6, 6.07) is 9.80. The number of ether oxygens (including phenoxy) is 1. The summed E-state index contributed by atoms with van der Waals surface area (Å²) in [6.07, 6.45) is 9.80. The molecule has 5 aromatic rings. The first kappa shape index (κ1) is 23.5. The van der Waals surface area contributed by atoms with Crippen LogP contribution in [0.15, 0.2) is 67.5 Å². The number of rotatable bonds is 6. The molecule has 0 spiro atoms. The SMILES string of the molecule is Nc1ncc(-c2nc(N3CCOCC3)c3ncc(-c4cccc(CC(=O)c5cnccn5)c4)cc3n2)cn1. The molecule has 0 saturated carbocycles. The van der Waals surface area contributed by atoms with E-state index in [1.165, 1.54) is 12.4 Å². The molecule has 38 heavy (non-hydrogen) atoms. The molecule has 1 saturated heterocycles. The predicted octanol–water partition coefficient (Wildman–Crippen LogP) is 2.78. The van der Waals surface area contributed by atoms with Gasteiger partial charge >= 0.3 is 0 Å². The van der Waals surface area contributed by atoms with Gasteiger partial charge in [0.1, 0.15) is 11.2 Å². The number of pyridine rings is 1. The van der Waals surface area contributed by atoms with Crippen LogP contribution in [0.1, 0.15) is 16.1 Å². The second-order valence-electron chi connectivity index (χ2n) is 8.78. The normalized spacial score (nSPS) is 13.5. The van der Waals surface area contributed by atoms with Crippen LogP contribution >= 0.6 is 0 Å². The van der Waals surface area contributed by atoms with Gasteiger partial charge in [0.2, 0.25) is 5.95 Å². The number of Topliss-reactive ketones (excluding diaryl/α,β-unsaturated/α-hetero) is 1. The second kappa shape index (κ2) is 10.2. The van der Waals surface area contributed by atoms with Crippen LogP contribution in [0, 0.1) is 0 Å². The first-order valence-corrected chi connectivity index (χ1v) is 12.1. The number of hydrogen-bond acceptors (Lipinski definition) is 11. The van der Waals surface area contributed by atoms with Crippen molar-refractivity contribution in [3.63, 3.8) is 0 Å². The highest BCUT2D eigenvalue weighted by atomic mass is 16.5. The number of benzene rings is 1. The van der Waals surface area contributed by atoms with Crippen molar-refractivity contribution in [1.82, 2.24) is 34.9 Å². The number of nitrogen functional groups attached to an aromatic ring is 1. The molecule has 1 aliphatic heterocycles. The highest BCUT2D eigenvalue weighted by molar-refractivity contribution is 5.95. The fraction of sp³-hybridized carbons (Fsp3) is 0.185. The summed E-state index contributed by atoms with van der Waals surface area (Å²) in [5, 5.41) is 0. The maximum Gasteiger partial charge on any atom is 0.219 e. The number of nitrogens with zero attached hydrogens (tertiary/aromatic N) is 8. The molecule has 0 unspecified atom stereocenters. The van der Waals surface area contributed by atoms with Gasteiger partial charge in [0, 0.05) is 56.1 Å². The molecule has 6 rings (SSSR count). The van der Waals surface area contributed by atoms with Crippen molar-refractivity contribution >= 4 is 28.6 Å². The van der Waals surface area contributed by atoms with Crippen LogP contribution in [0.5, 0.6) is 0 Å². The Hall–Kier alpha value is -4.90. The molecule has 1 aromatic carbocycles. The van der Waals surface area contributed by atoms with Gasteiger partial charge in [-0.05, 0) is 17.2 Å². The third-order valence-corrected chi connectivity index (χ3v) is 6.23. The minimum Gasteiger partial charge on any atom is -0.378 e. The summed E-state index contributed by atoms with van der Waals surface area (Å²) in [6.45, 7) is 2.64. The van der Waals surface area contributed by atoms with Gasteiger partial charge in [0.25, 0.3) is 0 Å². The number of carbonyl (C=O) groups is 1. The minimum atomic E-state index is -0.0925. The smallest absolute Gasteiger partial charge is 0.219 e. The van der Waals surface area contributed by atoms with Crippen LogP contribution in [0.3, 0.4) is 0 Å². The summed E-state index contributed by atoms with van der Waals surface area (Å²) in [5.74, 6) is 1.32. The Morgan fingerprint density at radius 2 is 1.71 bits per heavy atom. The summed E-state index contributed by atoms with van der Waals surface area (Å²) in [4.78, 5) is 45.5. The number of aromatic nitrogens is 7. The molecule has 2 N–H and O–H groups in total. The van der Waals surface area contributed by atoms with Crippen molar-refractivity contribution in [2.75, 3.05) is 36.9 Å². The highest BCUT2D eigenvalue weighted by Crippen LogP contribution is 2.30. The van der Waals surface area contributed by atoms with Crippen molar-refractivity contribution in [2.24, 2.45) is 0 Å². The maximum atomic E-state index is 12.7. The van der Waals surface area contributed by atoms with Gasteiger partial charge in [0.05, 0.1) is 30.5 Å². The van der Waals surface area contributed by atoms with Crippen LogP contribution in [0.25, 0.3) is 33.5 Å². The van der Waals surface area contributed by atoms with E-state index >= 15 is 0 Å². The summed E-state index contributed by atoms with van der Waals surface area (Å²) >= 11 is 0. The Labute approximate surface area is 217 Å². The van der Waals surface area contributed by atoms with E-state index in [4.69, 9.17) is 25.4 Å². The van der Waals surface area contributed by atoms with E-state index in [0.717, 1.165) is 22.5 Å². The van der Waals surface area contributed by atoms with Gasteiger partial charge < -0.3 is 15.4 Å². The molecule has 5 heterocycles. The Morgan fingerprint density at radius 1 is 0.895 bits per heavy atom. The zero-order valence-electron chi connectivity index (χ0n) is 20.4. The number of anilines is 2. The Morgan fingerprint density at radius 3 is 2.50 bits per heavy atom. The van der Waals surface area contributed by atoms with Gasteiger partial charge in [0.15, 0.2) is 17.4 Å². The van der Waals surface area contributed by atoms with E-state index in [0.29, 0.717) is 54.4 Å². The second-order valence-corrected chi connectivity index (χ2v) is 8.78. The molecule has 0 atom stereocenters. The van der Waals surface area contributed by atoms with Crippen molar-refractivity contribution in [1.29, 1.82) is 0 Å². The lowest BCUT2D eigenvalue weighted by Gasteiger charge is -2.28. The lowest BCUT2D eigenvalue weighted by Crippen LogP contribution is -2.37. The summed E-state index contributed by atoms with van der Waals surface area (Å²) in [7, 11) is 0. The van der Waals surface area contributed by atoms with Gasteiger partial charge in [-0.15, -0.1) is 0 Å². The molecular formula is C27H23N9O2. The molecule has 0 radical (unpaired) electrons. The van der Waals surface area contributed by atoms with Crippen LogP contribution in [0.4, 0.5) is 11.8 Å². The van der Waals surface area contributed by atoms with E-state index in [1.54, 1.807) is 18.6 Å². The molecule has 0 amide bonds. The fourth-order valence-corrected chi connectivity index (χ4v) is 4.32. The van der Waals surface area contributed by atoms with E-state index in [9.17, 15) is 4.79 Å². The molecule has 0 bridgehead atoms. The average Bonchev–Trinajstić information content (AvgIpc) is 2.97. The average molecular weight is 506 g/mol. The number of fused-ring (bicyclic) bond motifs is 1.